The number of likely N-dealkylation sites (tertiary alicyclic amines) is 1. The standard InChI is InChI=1S/C19H27N5O/c25-19(23-9-3-4-10-23)16-22-8-5-7-21(12-13-22)15-17-14-20-24-11-2-1-6-18(17)24/h1-2,6,11,14H,3-5,7-10,12-13,15-16H2. The number of amides is 1. The Hall–Kier alpha value is -1.92. The Morgan fingerprint density at radius 1 is 0.960 bits per heavy atom. The number of carbonyl (C=O) groups is 1. The van der Waals surface area contributed by atoms with Crippen LogP contribution in [0.25, 0.3) is 5.52 Å². The highest BCUT2D eigenvalue weighted by atomic mass is 16.2. The third-order valence-corrected chi connectivity index (χ3v) is 5.40. The fourth-order valence-electron chi connectivity index (χ4n) is 3.95. The maximum atomic E-state index is 12.4. The molecule has 1 amide bonds. The number of carbonyl (C=O) groups excluding carboxylic acids is 1. The highest BCUT2D eigenvalue weighted by molar-refractivity contribution is 5.78. The van der Waals surface area contributed by atoms with E-state index in [1.54, 1.807) is 0 Å². The lowest BCUT2D eigenvalue weighted by Gasteiger charge is -2.23. The van der Waals surface area contributed by atoms with Crippen molar-refractivity contribution in [1.82, 2.24) is 24.3 Å². The summed E-state index contributed by atoms with van der Waals surface area (Å²) < 4.78 is 1.94. The summed E-state index contributed by atoms with van der Waals surface area (Å²) in [7, 11) is 0. The summed E-state index contributed by atoms with van der Waals surface area (Å²) in [5.41, 5.74) is 2.47. The number of pyridine rings is 1. The number of fused-ring (bicyclic) bond motifs is 1. The van der Waals surface area contributed by atoms with Crippen molar-refractivity contribution in [2.45, 2.75) is 25.8 Å². The van der Waals surface area contributed by atoms with Gasteiger partial charge in [-0.05, 0) is 44.5 Å². The van der Waals surface area contributed by atoms with Crippen molar-refractivity contribution in [3.05, 3.63) is 36.2 Å². The van der Waals surface area contributed by atoms with E-state index < -0.39 is 0 Å². The van der Waals surface area contributed by atoms with Gasteiger partial charge in [-0.3, -0.25) is 14.6 Å². The molecule has 0 radical (unpaired) electrons. The van der Waals surface area contributed by atoms with Gasteiger partial charge >= 0.3 is 0 Å². The molecule has 0 unspecified atom stereocenters. The normalized spacial score (nSPS) is 20.2. The van der Waals surface area contributed by atoms with Gasteiger partial charge in [0.1, 0.15) is 0 Å². The molecular weight excluding hydrogens is 314 g/mol. The van der Waals surface area contributed by atoms with Gasteiger partial charge in [0.2, 0.25) is 5.91 Å². The first-order chi connectivity index (χ1) is 12.3. The first-order valence-electron chi connectivity index (χ1n) is 9.43. The van der Waals surface area contributed by atoms with Gasteiger partial charge in [0.15, 0.2) is 0 Å². The molecule has 2 fully saturated rings. The van der Waals surface area contributed by atoms with Crippen LogP contribution >= 0.6 is 0 Å². The van der Waals surface area contributed by atoms with E-state index in [-0.39, 0.29) is 0 Å². The molecule has 0 aromatic carbocycles. The lowest BCUT2D eigenvalue weighted by Crippen LogP contribution is -2.40. The first kappa shape index (κ1) is 16.5. The predicted molar refractivity (Wildman–Crippen MR) is 97.3 cm³/mol. The highest BCUT2D eigenvalue weighted by Crippen LogP contribution is 2.15. The molecule has 4 heterocycles. The number of rotatable bonds is 4. The Morgan fingerprint density at radius 2 is 1.76 bits per heavy atom. The second kappa shape index (κ2) is 7.54. The van der Waals surface area contributed by atoms with Gasteiger partial charge in [0.25, 0.3) is 0 Å². The van der Waals surface area contributed by atoms with E-state index in [0.29, 0.717) is 12.5 Å². The minimum atomic E-state index is 0.313. The lowest BCUT2D eigenvalue weighted by molar-refractivity contribution is -0.131. The van der Waals surface area contributed by atoms with Crippen molar-refractivity contribution in [2.24, 2.45) is 0 Å². The largest absolute Gasteiger partial charge is 0.342 e. The minimum absolute atomic E-state index is 0.313. The van der Waals surface area contributed by atoms with Gasteiger partial charge < -0.3 is 4.90 Å². The molecule has 2 aromatic rings. The molecule has 0 bridgehead atoms. The number of aromatic nitrogens is 2. The predicted octanol–water partition coefficient (Wildman–Crippen LogP) is 1.46. The zero-order valence-corrected chi connectivity index (χ0v) is 14.8. The minimum Gasteiger partial charge on any atom is -0.342 e. The average Bonchev–Trinajstić information content (AvgIpc) is 3.24. The number of nitrogens with zero attached hydrogens (tertiary/aromatic N) is 5. The molecule has 4 rings (SSSR count). The van der Waals surface area contributed by atoms with Crippen molar-refractivity contribution < 1.29 is 4.79 Å². The monoisotopic (exact) mass is 341 g/mol. The Labute approximate surface area is 149 Å². The van der Waals surface area contributed by atoms with Gasteiger partial charge in [-0.2, -0.15) is 5.10 Å². The van der Waals surface area contributed by atoms with Crippen molar-refractivity contribution in [3.63, 3.8) is 0 Å². The second-order valence-electron chi connectivity index (χ2n) is 7.19. The summed E-state index contributed by atoms with van der Waals surface area (Å²) >= 11 is 0. The topological polar surface area (TPSA) is 44.1 Å². The molecule has 0 spiro atoms. The van der Waals surface area contributed by atoms with Crippen LogP contribution in [0.4, 0.5) is 0 Å². The molecule has 2 aliphatic rings. The van der Waals surface area contributed by atoms with Crippen LogP contribution in [0.5, 0.6) is 0 Å². The van der Waals surface area contributed by atoms with Gasteiger partial charge in [0, 0.05) is 44.5 Å². The Balaban J connectivity index is 1.32. The van der Waals surface area contributed by atoms with Crippen LogP contribution in [0.2, 0.25) is 0 Å². The van der Waals surface area contributed by atoms with E-state index in [1.165, 1.54) is 23.9 Å². The summed E-state index contributed by atoms with van der Waals surface area (Å²) in [6.45, 7) is 7.51. The fourth-order valence-corrected chi connectivity index (χ4v) is 3.95. The molecule has 0 N–H and O–H groups in total. The molecule has 0 atom stereocenters. The van der Waals surface area contributed by atoms with Crippen LogP contribution < -0.4 is 0 Å². The number of hydrogen-bond acceptors (Lipinski definition) is 4. The van der Waals surface area contributed by atoms with Crippen LogP contribution in [0.15, 0.2) is 30.6 Å². The smallest absolute Gasteiger partial charge is 0.236 e. The van der Waals surface area contributed by atoms with E-state index in [0.717, 1.165) is 52.2 Å². The van der Waals surface area contributed by atoms with Crippen LogP contribution in [0.3, 0.4) is 0 Å². The van der Waals surface area contributed by atoms with E-state index in [1.807, 2.05) is 27.9 Å². The third-order valence-electron chi connectivity index (χ3n) is 5.40. The quantitative estimate of drug-likeness (QED) is 0.845. The Bertz CT molecular complexity index is 721. The maximum Gasteiger partial charge on any atom is 0.236 e. The lowest BCUT2D eigenvalue weighted by atomic mass is 10.2. The molecule has 0 saturated carbocycles. The van der Waals surface area contributed by atoms with Gasteiger partial charge in [0.05, 0.1) is 18.3 Å². The van der Waals surface area contributed by atoms with Gasteiger partial charge in [-0.1, -0.05) is 6.07 Å². The summed E-state index contributed by atoms with van der Waals surface area (Å²) in [6, 6.07) is 6.20. The van der Waals surface area contributed by atoms with Crippen LogP contribution in [0.1, 0.15) is 24.8 Å². The SMILES string of the molecule is O=C(CN1CCCN(Cc2cnn3ccccc23)CC1)N1CCCC1. The summed E-state index contributed by atoms with van der Waals surface area (Å²) in [6.07, 6.45) is 7.42. The van der Waals surface area contributed by atoms with Crippen LogP contribution in [-0.2, 0) is 11.3 Å². The maximum absolute atomic E-state index is 12.4. The van der Waals surface area contributed by atoms with E-state index in [4.69, 9.17) is 0 Å². The van der Waals surface area contributed by atoms with Crippen LogP contribution in [0, 0.1) is 0 Å². The third kappa shape index (κ3) is 3.85. The van der Waals surface area contributed by atoms with E-state index >= 15 is 0 Å². The fraction of sp³-hybridized carbons (Fsp3) is 0.579. The second-order valence-corrected chi connectivity index (χ2v) is 7.19. The Morgan fingerprint density at radius 3 is 2.64 bits per heavy atom. The molecule has 0 aliphatic carbocycles. The zero-order chi connectivity index (χ0) is 17.1. The van der Waals surface area contributed by atoms with Crippen molar-refractivity contribution in [3.8, 4) is 0 Å². The molecule has 2 aromatic heterocycles. The summed E-state index contributed by atoms with van der Waals surface area (Å²) in [5, 5.41) is 4.44. The van der Waals surface area contributed by atoms with Crippen molar-refractivity contribution in [1.29, 1.82) is 0 Å². The summed E-state index contributed by atoms with van der Waals surface area (Å²) in [4.78, 5) is 19.2. The summed E-state index contributed by atoms with van der Waals surface area (Å²) in [5.74, 6) is 0.313. The van der Waals surface area contributed by atoms with Gasteiger partial charge in [-0.15, -0.1) is 0 Å². The van der Waals surface area contributed by atoms with Crippen molar-refractivity contribution >= 4 is 11.4 Å². The molecule has 134 valence electrons. The van der Waals surface area contributed by atoms with E-state index in [2.05, 4.69) is 27.0 Å². The van der Waals surface area contributed by atoms with Crippen LogP contribution in [-0.4, -0.2) is 76.0 Å². The Kier molecular flexibility index (Phi) is 4.99. The molecular formula is C19H27N5O. The molecule has 2 saturated heterocycles. The molecule has 25 heavy (non-hydrogen) atoms. The zero-order valence-electron chi connectivity index (χ0n) is 14.8. The highest BCUT2D eigenvalue weighted by Gasteiger charge is 2.22. The number of hydrogen-bond donors (Lipinski definition) is 0. The van der Waals surface area contributed by atoms with Gasteiger partial charge in [-0.25, -0.2) is 4.52 Å². The molecule has 6 nitrogen and oxygen atoms in total. The average molecular weight is 341 g/mol. The van der Waals surface area contributed by atoms with Crippen molar-refractivity contribution in [2.75, 3.05) is 45.8 Å². The molecule has 6 heteroatoms. The molecule has 2 aliphatic heterocycles. The first-order valence-corrected chi connectivity index (χ1v) is 9.43. The van der Waals surface area contributed by atoms with E-state index in [9.17, 15) is 4.79 Å².